The molecule has 3 heterocycles. The molecule has 0 radical (unpaired) electrons. The summed E-state index contributed by atoms with van der Waals surface area (Å²) >= 11 is 0. The van der Waals surface area contributed by atoms with Crippen molar-refractivity contribution in [2.24, 2.45) is 11.8 Å². The van der Waals surface area contributed by atoms with Crippen molar-refractivity contribution in [1.82, 2.24) is 4.90 Å². The molecule has 4 rings (SSSR count). The number of ether oxygens (including phenoxy) is 2. The van der Waals surface area contributed by atoms with Crippen LogP contribution in [-0.4, -0.2) is 41.6 Å². The normalized spacial score (nSPS) is 33.1. The topological polar surface area (TPSA) is 55.8 Å². The fraction of sp³-hybridized carbons (Fsp3) is 0.474. The molecule has 3 aliphatic heterocycles. The Bertz CT molecular complexity index is 686. The fourth-order valence-electron chi connectivity index (χ4n) is 4.08. The number of fused-ring (bicyclic) bond motifs is 1. The first-order valence-corrected chi connectivity index (χ1v) is 8.51. The molecule has 2 saturated heterocycles. The molecule has 5 nitrogen and oxygen atoms in total. The van der Waals surface area contributed by atoms with Crippen LogP contribution in [0, 0.1) is 11.8 Å². The molecule has 1 aromatic carbocycles. The zero-order valence-electron chi connectivity index (χ0n) is 13.7. The van der Waals surface area contributed by atoms with Gasteiger partial charge < -0.3 is 14.4 Å². The molecule has 0 aliphatic carbocycles. The first-order chi connectivity index (χ1) is 11.6. The maximum Gasteiger partial charge on any atom is 0.312 e. The van der Waals surface area contributed by atoms with Crippen LogP contribution in [0.15, 0.2) is 42.5 Å². The van der Waals surface area contributed by atoms with E-state index in [1.165, 1.54) is 0 Å². The third kappa shape index (κ3) is 2.26. The van der Waals surface area contributed by atoms with E-state index in [1.807, 2.05) is 49.4 Å². The van der Waals surface area contributed by atoms with Crippen LogP contribution >= 0.6 is 0 Å². The highest BCUT2D eigenvalue weighted by Gasteiger charge is 2.67. The summed E-state index contributed by atoms with van der Waals surface area (Å²) < 4.78 is 11.4. The predicted molar refractivity (Wildman–Crippen MR) is 86.8 cm³/mol. The Morgan fingerprint density at radius 3 is 2.92 bits per heavy atom. The van der Waals surface area contributed by atoms with E-state index in [-0.39, 0.29) is 18.0 Å². The number of carbonyl (C=O) groups is 2. The van der Waals surface area contributed by atoms with Crippen LogP contribution in [0.5, 0.6) is 0 Å². The summed E-state index contributed by atoms with van der Waals surface area (Å²) in [6, 6.07) is 9.88. The summed E-state index contributed by atoms with van der Waals surface area (Å²) in [6.07, 6.45) is 4.31. The summed E-state index contributed by atoms with van der Waals surface area (Å²) in [6.45, 7) is 3.37. The van der Waals surface area contributed by atoms with Gasteiger partial charge in [-0.2, -0.15) is 0 Å². The minimum atomic E-state index is -0.660. The molecule has 0 saturated carbocycles. The maximum absolute atomic E-state index is 13.0. The molecule has 2 fully saturated rings. The van der Waals surface area contributed by atoms with Crippen molar-refractivity contribution in [2.45, 2.75) is 31.6 Å². The standard InChI is InChI=1S/C19H21NO4/c1-2-10-23-18(22)15-14-8-9-19(24-14)12-20(17(21)16(15)19)11-13-6-4-3-5-7-13/h3-9,14-16H,2,10-12H2,1H3/t14-,15-,16+,19+/m1/s1. The fourth-order valence-corrected chi connectivity index (χ4v) is 4.08. The number of likely N-dealkylation sites (tertiary alicyclic amines) is 1. The van der Waals surface area contributed by atoms with E-state index in [2.05, 4.69) is 0 Å². The average molecular weight is 327 g/mol. The largest absolute Gasteiger partial charge is 0.465 e. The van der Waals surface area contributed by atoms with Crippen molar-refractivity contribution in [3.63, 3.8) is 0 Å². The van der Waals surface area contributed by atoms with Crippen LogP contribution in [0.4, 0.5) is 0 Å². The van der Waals surface area contributed by atoms with Gasteiger partial charge in [0.2, 0.25) is 5.91 Å². The van der Waals surface area contributed by atoms with Crippen molar-refractivity contribution >= 4 is 11.9 Å². The van der Waals surface area contributed by atoms with Crippen molar-refractivity contribution in [3.8, 4) is 0 Å². The molecular weight excluding hydrogens is 306 g/mol. The van der Waals surface area contributed by atoms with E-state index in [4.69, 9.17) is 9.47 Å². The van der Waals surface area contributed by atoms with Gasteiger partial charge in [-0.05, 0) is 12.0 Å². The maximum atomic E-state index is 13.0. The number of benzene rings is 1. The summed E-state index contributed by atoms with van der Waals surface area (Å²) in [7, 11) is 0. The first-order valence-electron chi connectivity index (χ1n) is 8.51. The lowest BCUT2D eigenvalue weighted by molar-refractivity contribution is -0.153. The number of carbonyl (C=O) groups excluding carboxylic acids is 2. The molecule has 0 N–H and O–H groups in total. The lowest BCUT2D eigenvalue weighted by atomic mass is 9.77. The molecule has 1 amide bonds. The Balaban J connectivity index is 1.56. The number of esters is 1. The van der Waals surface area contributed by atoms with Crippen LogP contribution in [-0.2, 0) is 25.6 Å². The highest BCUT2D eigenvalue weighted by Crippen LogP contribution is 2.52. The molecule has 1 spiro atoms. The van der Waals surface area contributed by atoms with Crippen molar-refractivity contribution < 1.29 is 19.1 Å². The van der Waals surface area contributed by atoms with Gasteiger partial charge in [0.15, 0.2) is 0 Å². The average Bonchev–Trinajstić information content (AvgIpc) is 3.22. The molecule has 1 aromatic rings. The van der Waals surface area contributed by atoms with Gasteiger partial charge in [-0.3, -0.25) is 9.59 Å². The van der Waals surface area contributed by atoms with E-state index in [1.54, 1.807) is 4.90 Å². The minimum Gasteiger partial charge on any atom is -0.465 e. The summed E-state index contributed by atoms with van der Waals surface area (Å²) in [5, 5.41) is 0. The number of rotatable bonds is 5. The summed E-state index contributed by atoms with van der Waals surface area (Å²) in [5.41, 5.74) is 0.415. The van der Waals surface area contributed by atoms with Gasteiger partial charge in [0.25, 0.3) is 0 Å². The Morgan fingerprint density at radius 1 is 1.38 bits per heavy atom. The van der Waals surface area contributed by atoms with Gasteiger partial charge in [0, 0.05) is 6.54 Å². The second-order valence-corrected chi connectivity index (χ2v) is 6.75. The Kier molecular flexibility index (Phi) is 3.68. The minimum absolute atomic E-state index is 0.0100. The van der Waals surface area contributed by atoms with Crippen LogP contribution < -0.4 is 0 Å². The van der Waals surface area contributed by atoms with E-state index in [0.29, 0.717) is 19.7 Å². The molecule has 0 unspecified atom stereocenters. The van der Waals surface area contributed by atoms with Crippen molar-refractivity contribution in [3.05, 3.63) is 48.0 Å². The first kappa shape index (κ1) is 15.4. The second-order valence-electron chi connectivity index (χ2n) is 6.75. The van der Waals surface area contributed by atoms with Gasteiger partial charge in [-0.1, -0.05) is 49.4 Å². The van der Waals surface area contributed by atoms with E-state index >= 15 is 0 Å². The quantitative estimate of drug-likeness (QED) is 0.612. The number of hydrogen-bond acceptors (Lipinski definition) is 4. The lowest BCUT2D eigenvalue weighted by Crippen LogP contribution is -2.40. The van der Waals surface area contributed by atoms with Gasteiger partial charge in [0.05, 0.1) is 25.2 Å². The van der Waals surface area contributed by atoms with Gasteiger partial charge in [-0.15, -0.1) is 0 Å². The van der Waals surface area contributed by atoms with Gasteiger partial charge in [0.1, 0.15) is 11.5 Å². The third-order valence-electron chi connectivity index (χ3n) is 5.12. The SMILES string of the molecule is CCCOC(=O)[C@H]1[C@H]2C(=O)N(Cc3ccccc3)C[C@@]23C=C[C@H]1O3. The van der Waals surface area contributed by atoms with Crippen LogP contribution in [0.2, 0.25) is 0 Å². The van der Waals surface area contributed by atoms with Crippen LogP contribution in [0.25, 0.3) is 0 Å². The molecule has 0 aromatic heterocycles. The Morgan fingerprint density at radius 2 is 2.17 bits per heavy atom. The smallest absolute Gasteiger partial charge is 0.312 e. The summed E-state index contributed by atoms with van der Waals surface area (Å²) in [4.78, 5) is 27.2. The lowest BCUT2D eigenvalue weighted by Gasteiger charge is -2.22. The molecule has 4 atom stereocenters. The third-order valence-corrected chi connectivity index (χ3v) is 5.12. The highest BCUT2D eigenvalue weighted by atomic mass is 16.6. The molecular formula is C19H21NO4. The zero-order chi connectivity index (χ0) is 16.7. The predicted octanol–water partition coefficient (Wildman–Crippen LogP) is 1.92. The zero-order valence-corrected chi connectivity index (χ0v) is 13.7. The van der Waals surface area contributed by atoms with Crippen LogP contribution in [0.3, 0.4) is 0 Å². The van der Waals surface area contributed by atoms with E-state index in [0.717, 1.165) is 12.0 Å². The highest BCUT2D eigenvalue weighted by molar-refractivity contribution is 5.91. The Hall–Kier alpha value is -2.14. The molecule has 24 heavy (non-hydrogen) atoms. The molecule has 126 valence electrons. The number of nitrogens with zero attached hydrogens (tertiary/aromatic N) is 1. The van der Waals surface area contributed by atoms with Crippen molar-refractivity contribution in [1.29, 1.82) is 0 Å². The Labute approximate surface area is 141 Å². The van der Waals surface area contributed by atoms with E-state index in [9.17, 15) is 9.59 Å². The summed E-state index contributed by atoms with van der Waals surface area (Å²) in [5.74, 6) is -1.30. The van der Waals surface area contributed by atoms with Gasteiger partial charge in [-0.25, -0.2) is 0 Å². The number of hydrogen-bond donors (Lipinski definition) is 0. The van der Waals surface area contributed by atoms with E-state index < -0.39 is 17.4 Å². The second kappa shape index (κ2) is 5.74. The monoisotopic (exact) mass is 327 g/mol. The van der Waals surface area contributed by atoms with Gasteiger partial charge >= 0.3 is 5.97 Å². The van der Waals surface area contributed by atoms with Crippen molar-refractivity contribution in [2.75, 3.05) is 13.2 Å². The molecule has 5 heteroatoms. The molecule has 3 aliphatic rings. The van der Waals surface area contributed by atoms with Crippen LogP contribution in [0.1, 0.15) is 18.9 Å². The molecule has 2 bridgehead atoms. The number of amides is 1.